The van der Waals surface area contributed by atoms with Gasteiger partial charge in [0.25, 0.3) is 0 Å². The summed E-state index contributed by atoms with van der Waals surface area (Å²) in [5, 5.41) is 11.1. The molecule has 5 nitrogen and oxygen atoms in total. The zero-order valence-corrected chi connectivity index (χ0v) is 17.0. The van der Waals surface area contributed by atoms with Gasteiger partial charge in [0.1, 0.15) is 5.92 Å². The van der Waals surface area contributed by atoms with E-state index in [4.69, 9.17) is 0 Å². The van der Waals surface area contributed by atoms with Gasteiger partial charge in [0, 0.05) is 12.3 Å². The fourth-order valence-corrected chi connectivity index (χ4v) is 3.48. The lowest BCUT2D eigenvalue weighted by molar-refractivity contribution is -0.155. The highest BCUT2D eigenvalue weighted by atomic mass is 16.3. The molecule has 0 saturated heterocycles. The van der Waals surface area contributed by atoms with Crippen LogP contribution in [0.25, 0.3) is 0 Å². The van der Waals surface area contributed by atoms with Crippen molar-refractivity contribution in [3.05, 3.63) is 0 Å². The molecule has 0 bridgehead atoms. The van der Waals surface area contributed by atoms with E-state index in [2.05, 4.69) is 0 Å². The average molecular weight is 366 g/mol. The maximum atomic E-state index is 12.9. The molecule has 26 heavy (non-hydrogen) atoms. The monoisotopic (exact) mass is 366 g/mol. The number of rotatable bonds is 10. The van der Waals surface area contributed by atoms with Crippen molar-refractivity contribution < 1.29 is 24.3 Å². The van der Waals surface area contributed by atoms with Gasteiger partial charge in [-0.05, 0) is 31.1 Å². The molecule has 1 saturated carbocycles. The maximum Gasteiger partial charge on any atom is 0.192 e. The molecule has 1 aliphatic carbocycles. The molecule has 4 atom stereocenters. The minimum absolute atomic E-state index is 0.0373. The van der Waals surface area contributed by atoms with Gasteiger partial charge in [0.05, 0.1) is 5.92 Å². The number of carbonyl (C=O) groups excluding carboxylic acids is 4. The quantitative estimate of drug-likeness (QED) is 0.600. The smallest absolute Gasteiger partial charge is 0.192 e. The second-order valence-corrected chi connectivity index (χ2v) is 8.56. The van der Waals surface area contributed by atoms with Gasteiger partial charge in [-0.3, -0.25) is 19.2 Å². The fraction of sp³-hybridized carbons (Fsp3) is 0.810. The molecule has 0 heterocycles. The van der Waals surface area contributed by atoms with Crippen LogP contribution < -0.4 is 0 Å². The van der Waals surface area contributed by atoms with Gasteiger partial charge in [-0.2, -0.15) is 0 Å². The highest BCUT2D eigenvalue weighted by molar-refractivity contribution is 6.33. The summed E-state index contributed by atoms with van der Waals surface area (Å²) in [6, 6.07) is 0. The summed E-state index contributed by atoms with van der Waals surface area (Å²) >= 11 is 0. The van der Waals surface area contributed by atoms with E-state index < -0.39 is 46.5 Å². The minimum Gasteiger partial charge on any atom is -0.374 e. The topological polar surface area (TPSA) is 88.5 Å². The summed E-state index contributed by atoms with van der Waals surface area (Å²) in [6.07, 6.45) is 1.93. The molecule has 1 aliphatic rings. The molecule has 1 fully saturated rings. The van der Waals surface area contributed by atoms with Crippen LogP contribution >= 0.6 is 0 Å². The number of carbonyl (C=O) groups is 4. The van der Waals surface area contributed by atoms with Gasteiger partial charge in [-0.25, -0.2) is 0 Å². The highest BCUT2D eigenvalue weighted by Gasteiger charge is 2.64. The summed E-state index contributed by atoms with van der Waals surface area (Å²) in [7, 11) is 0. The first-order valence-electron chi connectivity index (χ1n) is 9.85. The Morgan fingerprint density at radius 2 is 1.58 bits per heavy atom. The normalized spacial score (nSPS) is 27.4. The second-order valence-electron chi connectivity index (χ2n) is 8.56. The molecule has 5 heteroatoms. The molecule has 0 spiro atoms. The van der Waals surface area contributed by atoms with Gasteiger partial charge in [0.2, 0.25) is 0 Å². The predicted molar refractivity (Wildman–Crippen MR) is 99.6 cm³/mol. The summed E-state index contributed by atoms with van der Waals surface area (Å²) in [5.41, 5.74) is -2.34. The van der Waals surface area contributed by atoms with Gasteiger partial charge < -0.3 is 5.11 Å². The third-order valence-corrected chi connectivity index (χ3v) is 5.56. The molecule has 0 aromatic heterocycles. The number of aliphatic hydroxyl groups is 1. The van der Waals surface area contributed by atoms with Crippen LogP contribution in [0.2, 0.25) is 0 Å². The van der Waals surface area contributed by atoms with E-state index in [1.54, 1.807) is 6.92 Å². The van der Waals surface area contributed by atoms with E-state index in [1.807, 2.05) is 34.6 Å². The third-order valence-electron chi connectivity index (χ3n) is 5.56. The molecule has 2 unspecified atom stereocenters. The van der Waals surface area contributed by atoms with Crippen molar-refractivity contribution in [1.82, 2.24) is 0 Å². The average Bonchev–Trinajstić information content (AvgIpc) is 2.76. The highest BCUT2D eigenvalue weighted by Crippen LogP contribution is 2.40. The van der Waals surface area contributed by atoms with E-state index in [0.717, 1.165) is 0 Å². The van der Waals surface area contributed by atoms with Crippen LogP contribution in [0.1, 0.15) is 73.6 Å². The largest absolute Gasteiger partial charge is 0.374 e. The van der Waals surface area contributed by atoms with Crippen molar-refractivity contribution in [3.8, 4) is 0 Å². The van der Waals surface area contributed by atoms with Crippen molar-refractivity contribution in [1.29, 1.82) is 0 Å². The van der Waals surface area contributed by atoms with Crippen molar-refractivity contribution in [2.24, 2.45) is 29.6 Å². The Kier molecular flexibility index (Phi) is 7.87. The lowest BCUT2D eigenvalue weighted by Crippen LogP contribution is -2.50. The lowest BCUT2D eigenvalue weighted by atomic mass is 9.79. The van der Waals surface area contributed by atoms with Crippen molar-refractivity contribution in [2.75, 3.05) is 0 Å². The van der Waals surface area contributed by atoms with Crippen molar-refractivity contribution in [3.63, 3.8) is 0 Å². The minimum atomic E-state index is -2.34. The Balaban J connectivity index is 3.24. The van der Waals surface area contributed by atoms with Crippen molar-refractivity contribution in [2.45, 2.75) is 79.2 Å². The fourth-order valence-electron chi connectivity index (χ4n) is 3.48. The molecular formula is C21H34O5. The Morgan fingerprint density at radius 3 is 2.04 bits per heavy atom. The second kappa shape index (κ2) is 9.03. The molecule has 0 amide bonds. The SMILES string of the molecule is CCC(C)C(=O)C1C(=O)[C@H](CCC(C)C)[C@@](O)(C(=O)CCC(C)C)C1=O. The number of hydrogen-bond acceptors (Lipinski definition) is 5. The number of Topliss-reactive ketones (excluding diaryl/α,β-unsaturated/α-hetero) is 4. The molecule has 0 aliphatic heterocycles. The molecule has 0 aromatic rings. The number of hydrogen-bond donors (Lipinski definition) is 1. The van der Waals surface area contributed by atoms with Crippen LogP contribution in [0.4, 0.5) is 0 Å². The summed E-state index contributed by atoms with van der Waals surface area (Å²) in [5.74, 6) is -5.09. The summed E-state index contributed by atoms with van der Waals surface area (Å²) in [6.45, 7) is 11.3. The van der Waals surface area contributed by atoms with E-state index in [-0.39, 0.29) is 24.7 Å². The standard InChI is InChI=1S/C21H34O5/c1-7-14(6)18(23)17-19(24)15(10-8-12(2)3)21(26,20(17)25)16(22)11-9-13(4)5/h12-15,17,26H,7-11H2,1-6H3/t14?,15-,17?,21+/m0/s1. The van der Waals surface area contributed by atoms with Gasteiger partial charge in [-0.15, -0.1) is 0 Å². The van der Waals surface area contributed by atoms with Gasteiger partial charge >= 0.3 is 0 Å². The van der Waals surface area contributed by atoms with Crippen LogP contribution in [0.5, 0.6) is 0 Å². The van der Waals surface area contributed by atoms with Crippen LogP contribution in [-0.4, -0.2) is 33.8 Å². The first kappa shape index (κ1) is 22.7. The predicted octanol–water partition coefficient (Wildman–Crippen LogP) is 3.16. The maximum absolute atomic E-state index is 12.9. The first-order chi connectivity index (χ1) is 12.0. The van der Waals surface area contributed by atoms with Crippen LogP contribution in [0.3, 0.4) is 0 Å². The van der Waals surface area contributed by atoms with Crippen LogP contribution in [0.15, 0.2) is 0 Å². The van der Waals surface area contributed by atoms with Crippen LogP contribution in [-0.2, 0) is 19.2 Å². The van der Waals surface area contributed by atoms with Crippen LogP contribution in [0, 0.1) is 29.6 Å². The molecule has 1 rings (SSSR count). The van der Waals surface area contributed by atoms with Gasteiger partial charge in [-0.1, -0.05) is 48.0 Å². The summed E-state index contributed by atoms with van der Waals surface area (Å²) < 4.78 is 0. The Labute approximate surface area is 156 Å². The van der Waals surface area contributed by atoms with E-state index in [1.165, 1.54) is 0 Å². The van der Waals surface area contributed by atoms with E-state index in [9.17, 15) is 24.3 Å². The van der Waals surface area contributed by atoms with E-state index >= 15 is 0 Å². The van der Waals surface area contributed by atoms with Gasteiger partial charge in [0.15, 0.2) is 28.7 Å². The van der Waals surface area contributed by atoms with E-state index in [0.29, 0.717) is 19.3 Å². The molecular weight excluding hydrogens is 332 g/mol. The lowest BCUT2D eigenvalue weighted by Gasteiger charge is -2.26. The zero-order chi connectivity index (χ0) is 20.2. The first-order valence-corrected chi connectivity index (χ1v) is 9.85. The third kappa shape index (κ3) is 4.48. The molecule has 0 aromatic carbocycles. The summed E-state index contributed by atoms with van der Waals surface area (Å²) in [4.78, 5) is 51.2. The zero-order valence-electron chi connectivity index (χ0n) is 17.0. The van der Waals surface area contributed by atoms with Crippen molar-refractivity contribution >= 4 is 23.1 Å². The molecule has 0 radical (unpaired) electrons. The Hall–Kier alpha value is -1.36. The molecule has 1 N–H and O–H groups in total. The number of ketones is 4. The Morgan fingerprint density at radius 1 is 1.04 bits per heavy atom. The molecule has 148 valence electrons. The Bertz CT molecular complexity index is 563.